The Morgan fingerprint density at radius 2 is 1.69 bits per heavy atom. The molecule has 2 heterocycles. The summed E-state index contributed by atoms with van der Waals surface area (Å²) >= 11 is 1.40. The molecule has 1 aromatic heterocycles. The first-order chi connectivity index (χ1) is 16.4. The molecule has 188 valence electrons. The minimum atomic E-state index is -0.998. The topological polar surface area (TPSA) is 98.7 Å². The number of nitrogens with zero attached hydrogens (tertiary/aromatic N) is 1. The van der Waals surface area contributed by atoms with E-state index in [4.69, 9.17) is 0 Å². The van der Waals surface area contributed by atoms with E-state index in [1.54, 1.807) is 19.1 Å². The van der Waals surface area contributed by atoms with Gasteiger partial charge in [-0.3, -0.25) is 9.59 Å². The van der Waals surface area contributed by atoms with E-state index in [1.165, 1.54) is 11.3 Å². The molecule has 4 rings (SSSR count). The van der Waals surface area contributed by atoms with Crippen LogP contribution in [0.4, 0.5) is 10.7 Å². The number of likely N-dealkylation sites (tertiary alicyclic amines) is 1. The minimum Gasteiger partial charge on any atom is -0.478 e. The van der Waals surface area contributed by atoms with Gasteiger partial charge in [0.15, 0.2) is 0 Å². The SMILES string of the molecule is CC(=O)N1CCC(Nc2ccc(C(=O)Nc3sc4c(c3C(=O)O)CC(C)(C)CC4(C)C)cc2)CC1. The molecule has 0 unspecified atom stereocenters. The van der Waals surface area contributed by atoms with Crippen LogP contribution in [0.1, 0.15) is 85.0 Å². The minimum absolute atomic E-state index is 0.00538. The number of carbonyl (C=O) groups excluding carboxylic acids is 2. The van der Waals surface area contributed by atoms with Gasteiger partial charge >= 0.3 is 5.97 Å². The number of hydrogen-bond donors (Lipinski definition) is 3. The van der Waals surface area contributed by atoms with Gasteiger partial charge in [-0.25, -0.2) is 4.79 Å². The maximum absolute atomic E-state index is 13.0. The van der Waals surface area contributed by atoms with Crippen molar-refractivity contribution in [3.05, 3.63) is 45.8 Å². The number of anilines is 2. The van der Waals surface area contributed by atoms with Crippen molar-refractivity contribution in [2.45, 2.75) is 71.8 Å². The second kappa shape index (κ2) is 9.30. The van der Waals surface area contributed by atoms with E-state index in [-0.39, 0.29) is 34.2 Å². The number of carboxylic acids is 1. The Kier molecular flexibility index (Phi) is 6.70. The molecule has 0 saturated carbocycles. The molecule has 0 bridgehead atoms. The van der Waals surface area contributed by atoms with Crippen LogP contribution in [0.3, 0.4) is 0 Å². The number of fused-ring (bicyclic) bond motifs is 1. The van der Waals surface area contributed by atoms with E-state index in [0.29, 0.717) is 17.0 Å². The predicted octanol–water partition coefficient (Wildman–Crippen LogP) is 5.37. The van der Waals surface area contributed by atoms with E-state index < -0.39 is 5.97 Å². The second-order valence-corrected chi connectivity index (χ2v) is 12.3. The van der Waals surface area contributed by atoms with Crippen LogP contribution in [0, 0.1) is 5.41 Å². The van der Waals surface area contributed by atoms with Crippen molar-refractivity contribution in [3.8, 4) is 0 Å². The molecule has 0 radical (unpaired) electrons. The number of hydrogen-bond acceptors (Lipinski definition) is 5. The lowest BCUT2D eigenvalue weighted by Gasteiger charge is -2.40. The third kappa shape index (κ3) is 5.37. The van der Waals surface area contributed by atoms with Gasteiger partial charge in [0.1, 0.15) is 5.00 Å². The van der Waals surface area contributed by atoms with Crippen LogP contribution < -0.4 is 10.6 Å². The van der Waals surface area contributed by atoms with Crippen LogP contribution in [-0.2, 0) is 16.6 Å². The summed E-state index contributed by atoms with van der Waals surface area (Å²) in [5.41, 5.74) is 2.33. The Morgan fingerprint density at radius 3 is 2.26 bits per heavy atom. The quantitative estimate of drug-likeness (QED) is 0.516. The number of carbonyl (C=O) groups is 3. The summed E-state index contributed by atoms with van der Waals surface area (Å²) in [6.07, 6.45) is 3.42. The molecule has 1 aliphatic heterocycles. The third-order valence-corrected chi connectivity index (χ3v) is 8.61. The summed E-state index contributed by atoms with van der Waals surface area (Å²) in [6.45, 7) is 11.7. The van der Waals surface area contributed by atoms with Crippen LogP contribution in [-0.4, -0.2) is 46.9 Å². The summed E-state index contributed by atoms with van der Waals surface area (Å²) in [7, 11) is 0. The average Bonchev–Trinajstić information content (AvgIpc) is 3.11. The number of nitrogens with one attached hydrogen (secondary N) is 2. The van der Waals surface area contributed by atoms with Crippen LogP contribution in [0.25, 0.3) is 0 Å². The Hall–Kier alpha value is -2.87. The first-order valence-corrected chi connectivity index (χ1v) is 13.0. The third-order valence-electron chi connectivity index (χ3n) is 7.10. The maximum atomic E-state index is 13.0. The Balaban J connectivity index is 1.47. The number of thiophene rings is 1. The number of amides is 2. The Bertz CT molecular complexity index is 1140. The highest BCUT2D eigenvalue weighted by atomic mass is 32.1. The Morgan fingerprint density at radius 1 is 1.06 bits per heavy atom. The molecule has 2 aliphatic rings. The van der Waals surface area contributed by atoms with Crippen molar-refractivity contribution in [2.24, 2.45) is 5.41 Å². The van der Waals surface area contributed by atoms with Gasteiger partial charge in [0.2, 0.25) is 5.91 Å². The summed E-state index contributed by atoms with van der Waals surface area (Å²) in [5, 5.41) is 16.8. The fraction of sp³-hybridized carbons (Fsp3) is 0.519. The van der Waals surface area contributed by atoms with Gasteiger partial charge in [-0.2, -0.15) is 0 Å². The van der Waals surface area contributed by atoms with E-state index in [0.717, 1.165) is 48.5 Å². The van der Waals surface area contributed by atoms with Gasteiger partial charge in [-0.05, 0) is 66.3 Å². The lowest BCUT2D eigenvalue weighted by Crippen LogP contribution is -2.41. The molecule has 1 fully saturated rings. The molecule has 2 aromatic rings. The van der Waals surface area contributed by atoms with E-state index in [2.05, 4.69) is 38.3 Å². The van der Waals surface area contributed by atoms with E-state index >= 15 is 0 Å². The van der Waals surface area contributed by atoms with Gasteiger partial charge in [0.25, 0.3) is 5.91 Å². The average molecular weight is 498 g/mol. The molecule has 3 N–H and O–H groups in total. The van der Waals surface area contributed by atoms with Crippen molar-refractivity contribution in [1.29, 1.82) is 0 Å². The molecule has 1 aliphatic carbocycles. The second-order valence-electron chi connectivity index (χ2n) is 11.3. The molecular weight excluding hydrogens is 462 g/mol. The first-order valence-electron chi connectivity index (χ1n) is 12.2. The van der Waals surface area contributed by atoms with Crippen LogP contribution in [0.2, 0.25) is 0 Å². The van der Waals surface area contributed by atoms with Gasteiger partial charge in [0, 0.05) is 42.2 Å². The van der Waals surface area contributed by atoms with Crippen molar-refractivity contribution < 1.29 is 19.5 Å². The maximum Gasteiger partial charge on any atom is 0.339 e. The lowest BCUT2D eigenvalue weighted by molar-refractivity contribution is -0.129. The standard InChI is InChI=1S/C27H35N3O4S/c1-16(31)30-12-10-19(11-13-30)28-18-8-6-17(7-9-18)23(32)29-24-21(25(33)34)20-14-26(2,3)15-27(4,5)22(20)35-24/h6-9,19,28H,10-15H2,1-5H3,(H,29,32)(H,33,34). The van der Waals surface area contributed by atoms with Gasteiger partial charge in [0.05, 0.1) is 5.56 Å². The summed E-state index contributed by atoms with van der Waals surface area (Å²) in [4.78, 5) is 39.7. The van der Waals surface area contributed by atoms with Gasteiger partial charge in [-0.1, -0.05) is 27.7 Å². The fourth-order valence-electron chi connectivity index (χ4n) is 5.78. The molecule has 0 spiro atoms. The number of carboxylic acid groups (broad SMARTS) is 1. The number of piperidine rings is 1. The monoisotopic (exact) mass is 497 g/mol. The molecule has 35 heavy (non-hydrogen) atoms. The number of benzene rings is 1. The molecule has 8 heteroatoms. The lowest BCUT2D eigenvalue weighted by atomic mass is 9.65. The highest BCUT2D eigenvalue weighted by molar-refractivity contribution is 7.17. The number of rotatable bonds is 5. The fourth-order valence-corrected chi connectivity index (χ4v) is 7.09. The van der Waals surface area contributed by atoms with E-state index in [1.807, 2.05) is 17.0 Å². The van der Waals surface area contributed by atoms with Crippen LogP contribution in [0.5, 0.6) is 0 Å². The zero-order chi connectivity index (χ0) is 25.5. The molecule has 1 saturated heterocycles. The van der Waals surface area contributed by atoms with Crippen molar-refractivity contribution >= 4 is 39.8 Å². The van der Waals surface area contributed by atoms with Gasteiger partial charge < -0.3 is 20.6 Å². The van der Waals surface area contributed by atoms with Crippen molar-refractivity contribution in [2.75, 3.05) is 23.7 Å². The first kappa shape index (κ1) is 25.2. The summed E-state index contributed by atoms with van der Waals surface area (Å²) < 4.78 is 0. The largest absolute Gasteiger partial charge is 0.478 e. The smallest absolute Gasteiger partial charge is 0.339 e. The number of aromatic carboxylic acids is 1. The highest BCUT2D eigenvalue weighted by Gasteiger charge is 2.42. The predicted molar refractivity (Wildman–Crippen MR) is 140 cm³/mol. The van der Waals surface area contributed by atoms with Crippen LogP contribution >= 0.6 is 11.3 Å². The summed E-state index contributed by atoms with van der Waals surface area (Å²) in [6, 6.07) is 7.53. The zero-order valence-electron chi connectivity index (χ0n) is 21.2. The molecule has 2 amide bonds. The van der Waals surface area contributed by atoms with Gasteiger partial charge in [-0.15, -0.1) is 11.3 Å². The normalized spacial score (nSPS) is 19.1. The van der Waals surface area contributed by atoms with Crippen molar-refractivity contribution in [1.82, 2.24) is 4.90 Å². The molecule has 0 atom stereocenters. The van der Waals surface area contributed by atoms with E-state index in [9.17, 15) is 19.5 Å². The molecule has 1 aromatic carbocycles. The molecular formula is C27H35N3O4S. The highest BCUT2D eigenvalue weighted by Crippen LogP contribution is 2.52. The van der Waals surface area contributed by atoms with Crippen molar-refractivity contribution in [3.63, 3.8) is 0 Å². The summed E-state index contributed by atoms with van der Waals surface area (Å²) in [5.74, 6) is -1.20. The Labute approximate surface area is 210 Å². The molecule has 7 nitrogen and oxygen atoms in total. The zero-order valence-corrected chi connectivity index (χ0v) is 22.0. The van der Waals surface area contributed by atoms with Crippen LogP contribution in [0.15, 0.2) is 24.3 Å².